The van der Waals surface area contributed by atoms with Gasteiger partial charge in [-0.15, -0.1) is 0 Å². The molecule has 0 aliphatic rings. The summed E-state index contributed by atoms with van der Waals surface area (Å²) < 4.78 is 0. The first-order valence-corrected chi connectivity index (χ1v) is 7.48. The van der Waals surface area contributed by atoms with Gasteiger partial charge in [0.05, 0.1) is 5.92 Å². The summed E-state index contributed by atoms with van der Waals surface area (Å²) in [6.07, 6.45) is 0.702. The van der Waals surface area contributed by atoms with Crippen molar-refractivity contribution >= 4 is 5.78 Å². The van der Waals surface area contributed by atoms with Crippen molar-refractivity contribution < 1.29 is 15.0 Å². The number of diazo groups is 1. The maximum atomic E-state index is 12.5. The Hall–Kier alpha value is -2.87. The number of phenols is 2. The van der Waals surface area contributed by atoms with E-state index in [1.807, 2.05) is 6.92 Å². The van der Waals surface area contributed by atoms with Gasteiger partial charge in [-0.25, -0.2) is 0 Å². The van der Waals surface area contributed by atoms with Gasteiger partial charge in [0.25, 0.3) is 0 Å². The molecule has 5 nitrogen and oxygen atoms in total. The van der Waals surface area contributed by atoms with E-state index in [0.29, 0.717) is 6.42 Å². The zero-order valence-electron chi connectivity index (χ0n) is 12.9. The molecule has 2 atom stereocenters. The van der Waals surface area contributed by atoms with Gasteiger partial charge in [-0.05, 0) is 47.7 Å². The smallest absolute Gasteiger partial charge is 0.363 e. The second-order valence-corrected chi connectivity index (χ2v) is 5.44. The van der Waals surface area contributed by atoms with Crippen LogP contribution in [0.5, 0.6) is 11.5 Å². The Morgan fingerprint density at radius 1 is 1.00 bits per heavy atom. The highest BCUT2D eigenvalue weighted by atomic mass is 16.3. The molecule has 2 aromatic carbocycles. The molecule has 0 radical (unpaired) electrons. The third-order valence-corrected chi connectivity index (χ3v) is 3.99. The lowest BCUT2D eigenvalue weighted by molar-refractivity contribution is -0.119. The van der Waals surface area contributed by atoms with Crippen LogP contribution in [0.15, 0.2) is 48.5 Å². The second kappa shape index (κ2) is 7.41. The predicted molar refractivity (Wildman–Crippen MR) is 86.9 cm³/mol. The maximum absolute atomic E-state index is 12.5. The van der Waals surface area contributed by atoms with E-state index < -0.39 is 5.92 Å². The molecule has 0 unspecified atom stereocenters. The molecule has 0 saturated carbocycles. The first-order valence-electron chi connectivity index (χ1n) is 7.48. The largest absolute Gasteiger partial charge is 0.508 e. The van der Waals surface area contributed by atoms with Crippen LogP contribution in [-0.2, 0) is 4.79 Å². The molecule has 0 amide bonds. The number of rotatable bonds is 6. The van der Waals surface area contributed by atoms with Crippen molar-refractivity contribution in [3.05, 3.63) is 64.6 Å². The van der Waals surface area contributed by atoms with Crippen LogP contribution in [0.3, 0.4) is 0 Å². The minimum atomic E-state index is -0.485. The van der Waals surface area contributed by atoms with Gasteiger partial charge in [0.1, 0.15) is 16.5 Å². The molecule has 23 heavy (non-hydrogen) atoms. The van der Waals surface area contributed by atoms with E-state index in [0.717, 1.165) is 11.1 Å². The summed E-state index contributed by atoms with van der Waals surface area (Å²) in [4.78, 5) is 15.5. The molecule has 0 aliphatic heterocycles. The highest BCUT2D eigenvalue weighted by Gasteiger charge is 2.32. The van der Waals surface area contributed by atoms with Crippen LogP contribution in [0.1, 0.15) is 36.3 Å². The number of carbonyl (C=O) groups is 1. The number of Topliss-reactive ketones (excluding diaryl/α,β-unsaturated/α-hetero) is 1. The molecule has 118 valence electrons. The number of ketones is 1. The maximum Gasteiger partial charge on any atom is 0.363 e. The predicted octanol–water partition coefficient (Wildman–Crippen LogP) is 3.80. The first-order chi connectivity index (χ1) is 11.1. The van der Waals surface area contributed by atoms with Gasteiger partial charge in [0.15, 0.2) is 0 Å². The number of nitrogens with zero attached hydrogens (tertiary/aromatic N) is 2. The van der Waals surface area contributed by atoms with Crippen LogP contribution in [0, 0.1) is 5.39 Å². The molecule has 5 heteroatoms. The van der Waals surface area contributed by atoms with E-state index in [2.05, 4.69) is 4.98 Å². The van der Waals surface area contributed by atoms with Crippen LogP contribution >= 0.6 is 0 Å². The van der Waals surface area contributed by atoms with Gasteiger partial charge < -0.3 is 10.2 Å². The Bertz CT molecular complexity index is 703. The molecular formula is C18H19N2O3+. The Labute approximate surface area is 134 Å². The fraction of sp³-hybridized carbons (Fsp3) is 0.278. The molecule has 2 rings (SSSR count). The molecule has 2 aromatic rings. The number of carbonyl (C=O) groups excluding carboxylic acids is 1. The SMILES string of the molecule is CC[C@H](c1ccc(O)cc1)[C@@H](C(=O)C[N+]#N)c1ccc(O)cc1. The van der Waals surface area contributed by atoms with E-state index in [4.69, 9.17) is 5.39 Å². The van der Waals surface area contributed by atoms with Crippen molar-refractivity contribution in [3.8, 4) is 11.5 Å². The fourth-order valence-corrected chi connectivity index (χ4v) is 2.88. The van der Waals surface area contributed by atoms with Crippen molar-refractivity contribution in [2.75, 3.05) is 6.54 Å². The monoisotopic (exact) mass is 311 g/mol. The van der Waals surface area contributed by atoms with Crippen molar-refractivity contribution in [1.82, 2.24) is 0 Å². The van der Waals surface area contributed by atoms with Crippen molar-refractivity contribution in [1.29, 1.82) is 5.39 Å². The third-order valence-electron chi connectivity index (χ3n) is 3.99. The zero-order chi connectivity index (χ0) is 16.8. The van der Waals surface area contributed by atoms with Gasteiger partial charge in [-0.3, -0.25) is 4.79 Å². The first kappa shape index (κ1) is 16.5. The second-order valence-electron chi connectivity index (χ2n) is 5.44. The lowest BCUT2D eigenvalue weighted by Gasteiger charge is -2.24. The minimum Gasteiger partial charge on any atom is -0.508 e. The lowest BCUT2D eigenvalue weighted by Crippen LogP contribution is -2.22. The van der Waals surface area contributed by atoms with Crippen LogP contribution in [0.25, 0.3) is 4.98 Å². The lowest BCUT2D eigenvalue weighted by atomic mass is 9.77. The standard InChI is InChI=1S/C18H18N2O3/c1-2-16(12-3-7-14(21)8-4-12)18(17(23)11-20-19)13-5-9-15(22)10-6-13/h3-10,16,18H,2,11H2,1H3,(H-,21,22)/p+1/t16-,18+/m1/s1. The summed E-state index contributed by atoms with van der Waals surface area (Å²) in [5.41, 5.74) is 1.69. The van der Waals surface area contributed by atoms with Gasteiger partial charge >= 0.3 is 6.54 Å². The van der Waals surface area contributed by atoms with E-state index in [9.17, 15) is 15.0 Å². The quantitative estimate of drug-likeness (QED) is 0.795. The summed E-state index contributed by atoms with van der Waals surface area (Å²) in [5.74, 6) is -0.500. The highest BCUT2D eigenvalue weighted by molar-refractivity contribution is 5.89. The van der Waals surface area contributed by atoms with E-state index >= 15 is 0 Å². The van der Waals surface area contributed by atoms with E-state index in [1.165, 1.54) is 12.1 Å². The number of hydrogen-bond donors (Lipinski definition) is 2. The molecule has 0 aliphatic carbocycles. The number of benzene rings is 2. The topological polar surface area (TPSA) is 85.7 Å². The minimum absolute atomic E-state index is 0.116. The molecule has 0 fully saturated rings. The highest BCUT2D eigenvalue weighted by Crippen LogP contribution is 2.37. The van der Waals surface area contributed by atoms with Crippen LogP contribution < -0.4 is 0 Å². The number of aromatic hydroxyl groups is 2. The summed E-state index contributed by atoms with van der Waals surface area (Å²) in [6, 6.07) is 13.3. The van der Waals surface area contributed by atoms with Crippen molar-refractivity contribution in [2.24, 2.45) is 0 Å². The molecule has 0 spiro atoms. The Kier molecular flexibility index (Phi) is 5.32. The summed E-state index contributed by atoms with van der Waals surface area (Å²) in [5, 5.41) is 27.7. The van der Waals surface area contributed by atoms with Crippen LogP contribution in [0.2, 0.25) is 0 Å². The molecular weight excluding hydrogens is 292 g/mol. The van der Waals surface area contributed by atoms with Crippen LogP contribution in [0.4, 0.5) is 0 Å². The number of phenolic OH excluding ortho intramolecular Hbond substituents is 2. The fourth-order valence-electron chi connectivity index (χ4n) is 2.88. The Balaban J connectivity index is 2.45. The molecule has 0 aromatic heterocycles. The van der Waals surface area contributed by atoms with Crippen molar-refractivity contribution in [3.63, 3.8) is 0 Å². The Morgan fingerprint density at radius 3 is 1.91 bits per heavy atom. The van der Waals surface area contributed by atoms with Crippen LogP contribution in [-0.4, -0.2) is 22.5 Å². The van der Waals surface area contributed by atoms with E-state index in [-0.39, 0.29) is 29.7 Å². The number of hydrogen-bond acceptors (Lipinski definition) is 4. The van der Waals surface area contributed by atoms with Gasteiger partial charge in [-0.1, -0.05) is 31.2 Å². The molecule has 0 heterocycles. The third kappa shape index (κ3) is 3.86. The average molecular weight is 311 g/mol. The van der Waals surface area contributed by atoms with Crippen molar-refractivity contribution in [2.45, 2.75) is 25.2 Å². The normalized spacial score (nSPS) is 13.0. The molecule has 0 saturated heterocycles. The average Bonchev–Trinajstić information content (AvgIpc) is 2.55. The zero-order valence-corrected chi connectivity index (χ0v) is 12.9. The van der Waals surface area contributed by atoms with E-state index in [1.54, 1.807) is 36.4 Å². The summed E-state index contributed by atoms with van der Waals surface area (Å²) in [7, 11) is 0. The summed E-state index contributed by atoms with van der Waals surface area (Å²) in [6.45, 7) is 1.70. The summed E-state index contributed by atoms with van der Waals surface area (Å²) >= 11 is 0. The van der Waals surface area contributed by atoms with Gasteiger partial charge in [0.2, 0.25) is 11.2 Å². The molecule has 0 bridgehead atoms. The van der Waals surface area contributed by atoms with Gasteiger partial charge in [-0.2, -0.15) is 0 Å². The van der Waals surface area contributed by atoms with Gasteiger partial charge in [0, 0.05) is 0 Å². The molecule has 2 N–H and O–H groups in total. The Morgan fingerprint density at radius 2 is 1.48 bits per heavy atom.